The Kier molecular flexibility index (Phi) is 8.16. The molecule has 0 aliphatic heterocycles. The molecule has 0 radical (unpaired) electrons. The van der Waals surface area contributed by atoms with Crippen LogP contribution < -0.4 is 10.7 Å². The van der Waals surface area contributed by atoms with Crippen molar-refractivity contribution in [1.82, 2.24) is 5.01 Å². The number of carboxylic acids is 1. The summed E-state index contributed by atoms with van der Waals surface area (Å²) in [5.74, 6) is -3.05. The summed E-state index contributed by atoms with van der Waals surface area (Å²) in [5, 5.41) is 22.2. The monoisotopic (exact) mass is 490 g/mol. The molecule has 0 fully saturated rings. The van der Waals surface area contributed by atoms with Crippen molar-refractivity contribution in [3.8, 4) is 6.07 Å². The van der Waals surface area contributed by atoms with E-state index < -0.39 is 23.8 Å². The highest BCUT2D eigenvalue weighted by atomic mass is 35.5. The maximum absolute atomic E-state index is 13.4. The van der Waals surface area contributed by atoms with E-state index in [0.717, 1.165) is 5.01 Å². The van der Waals surface area contributed by atoms with E-state index in [2.05, 4.69) is 10.7 Å². The van der Waals surface area contributed by atoms with E-state index in [1.165, 1.54) is 36.4 Å². The van der Waals surface area contributed by atoms with Gasteiger partial charge in [0.05, 0.1) is 28.6 Å². The number of hydrogen-bond acceptors (Lipinski definition) is 6. The third kappa shape index (κ3) is 6.43. The molecule has 0 saturated carbocycles. The summed E-state index contributed by atoms with van der Waals surface area (Å²) in [4.78, 5) is 49.1. The first-order chi connectivity index (χ1) is 16.8. The number of carboxylic acid groups (broad SMARTS) is 1. The fourth-order valence-electron chi connectivity index (χ4n) is 3.33. The summed E-state index contributed by atoms with van der Waals surface area (Å²) in [6.07, 6.45) is 0.0272. The zero-order valence-electron chi connectivity index (χ0n) is 18.1. The second kappa shape index (κ2) is 11.4. The number of aldehydes is 1. The number of carbonyl (C=O) groups is 4. The summed E-state index contributed by atoms with van der Waals surface area (Å²) in [5.41, 5.74) is 3.65. The van der Waals surface area contributed by atoms with E-state index in [0.29, 0.717) is 5.56 Å². The van der Waals surface area contributed by atoms with Gasteiger partial charge >= 0.3 is 11.9 Å². The van der Waals surface area contributed by atoms with Gasteiger partial charge in [-0.2, -0.15) is 5.26 Å². The number of halogens is 1. The maximum atomic E-state index is 13.4. The molecule has 0 spiro atoms. The number of carbonyl (C=O) groups excluding carboxylic acids is 3. The smallest absolute Gasteiger partial charge is 0.337 e. The summed E-state index contributed by atoms with van der Waals surface area (Å²) in [7, 11) is 0. The predicted molar refractivity (Wildman–Crippen MR) is 129 cm³/mol. The molecule has 35 heavy (non-hydrogen) atoms. The molecule has 1 atom stereocenters. The number of nitrogens with zero attached hydrogens (tertiary/aromatic N) is 2. The van der Waals surface area contributed by atoms with Gasteiger partial charge < -0.3 is 10.4 Å². The van der Waals surface area contributed by atoms with E-state index in [4.69, 9.17) is 11.6 Å². The molecule has 2 amide bonds. The Morgan fingerprint density at radius 1 is 1.06 bits per heavy atom. The molecule has 3 aromatic rings. The van der Waals surface area contributed by atoms with Crippen molar-refractivity contribution in [2.24, 2.45) is 0 Å². The maximum Gasteiger partial charge on any atom is 0.337 e. The second-order valence-electron chi connectivity index (χ2n) is 7.32. The number of hydrazine groups is 1. The molecule has 0 heterocycles. The highest BCUT2D eigenvalue weighted by Gasteiger charge is 2.31. The Bertz CT molecular complexity index is 1310. The van der Waals surface area contributed by atoms with Crippen molar-refractivity contribution in [1.29, 1.82) is 5.26 Å². The number of rotatable bonds is 9. The van der Waals surface area contributed by atoms with E-state index in [1.54, 1.807) is 36.4 Å². The minimum Gasteiger partial charge on any atom is -0.478 e. The fourth-order valence-corrected chi connectivity index (χ4v) is 3.57. The summed E-state index contributed by atoms with van der Waals surface area (Å²) >= 11 is 6.05. The zero-order chi connectivity index (χ0) is 25.4. The van der Waals surface area contributed by atoms with Crippen LogP contribution in [0, 0.1) is 11.3 Å². The van der Waals surface area contributed by atoms with Gasteiger partial charge in [-0.05, 0) is 35.9 Å². The van der Waals surface area contributed by atoms with Gasteiger partial charge in [-0.25, -0.2) is 9.80 Å². The van der Waals surface area contributed by atoms with Gasteiger partial charge in [0.2, 0.25) is 12.2 Å². The topological polar surface area (TPSA) is 140 Å². The lowest BCUT2D eigenvalue weighted by Gasteiger charge is -2.31. The number of aromatic carboxylic acids is 1. The molecule has 0 aromatic heterocycles. The van der Waals surface area contributed by atoms with E-state index in [1.807, 2.05) is 6.07 Å². The largest absolute Gasteiger partial charge is 0.478 e. The number of nitriles is 1. The summed E-state index contributed by atoms with van der Waals surface area (Å²) in [6.45, 7) is 0. The highest BCUT2D eigenvalue weighted by molar-refractivity contribution is 6.31. The van der Waals surface area contributed by atoms with Gasteiger partial charge in [0, 0.05) is 11.4 Å². The normalized spacial score (nSPS) is 11.0. The number of amides is 2. The molecule has 176 valence electrons. The molecule has 3 N–H and O–H groups in total. The van der Waals surface area contributed by atoms with Crippen LogP contribution in [0.4, 0.5) is 11.4 Å². The van der Waals surface area contributed by atoms with Crippen LogP contribution in [0.5, 0.6) is 0 Å². The average Bonchev–Trinajstić information content (AvgIpc) is 2.86. The first kappa shape index (κ1) is 25.0. The molecule has 0 bridgehead atoms. The summed E-state index contributed by atoms with van der Waals surface area (Å²) < 4.78 is 0. The van der Waals surface area contributed by atoms with Gasteiger partial charge in [-0.3, -0.25) is 19.8 Å². The molecule has 9 nitrogen and oxygen atoms in total. The van der Waals surface area contributed by atoms with Crippen molar-refractivity contribution in [2.75, 3.05) is 10.7 Å². The van der Waals surface area contributed by atoms with Crippen LogP contribution in [-0.2, 0) is 20.8 Å². The van der Waals surface area contributed by atoms with Gasteiger partial charge in [0.1, 0.15) is 6.04 Å². The third-order valence-corrected chi connectivity index (χ3v) is 5.13. The molecule has 1 unspecified atom stereocenters. The fraction of sp³-hybridized carbons (Fsp3) is 0.0800. The number of benzene rings is 3. The van der Waals surface area contributed by atoms with Crippen LogP contribution in [0.15, 0.2) is 72.8 Å². The molecular formula is C25H19ClN4O5. The van der Waals surface area contributed by atoms with Crippen molar-refractivity contribution in [3.63, 3.8) is 0 Å². The molecule has 0 saturated heterocycles. The highest BCUT2D eigenvalue weighted by Crippen LogP contribution is 2.22. The Labute approximate surface area is 205 Å². The Balaban J connectivity index is 2.02. The Morgan fingerprint density at radius 3 is 2.40 bits per heavy atom. The van der Waals surface area contributed by atoms with E-state index in [-0.39, 0.29) is 40.2 Å². The van der Waals surface area contributed by atoms with Crippen molar-refractivity contribution < 1.29 is 24.3 Å². The second-order valence-corrected chi connectivity index (χ2v) is 7.76. The third-order valence-electron chi connectivity index (χ3n) is 4.92. The van der Waals surface area contributed by atoms with Crippen LogP contribution in [-0.4, -0.2) is 40.2 Å². The van der Waals surface area contributed by atoms with E-state index >= 15 is 0 Å². The predicted octanol–water partition coefficient (Wildman–Crippen LogP) is 3.51. The van der Waals surface area contributed by atoms with Gasteiger partial charge in [0.15, 0.2) is 0 Å². The molecule has 0 aliphatic rings. The van der Waals surface area contributed by atoms with Crippen LogP contribution >= 0.6 is 11.6 Å². The standard InChI is InChI=1S/C25H19ClN4O5/c26-18-10-17(14-27)11-19(13-18)29-30(23(32)15-31)22(12-16-6-2-1-3-7-16)24(33)28-21-9-5-4-8-20(21)25(34)35/h1-11,13,15,22,29H,12H2,(H,28,33)(H,34,35). The van der Waals surface area contributed by atoms with Crippen molar-refractivity contribution >= 4 is 47.0 Å². The minimum absolute atomic E-state index is 0.0137. The molecule has 3 aromatic carbocycles. The van der Waals surface area contributed by atoms with E-state index in [9.17, 15) is 29.5 Å². The molecule has 0 aliphatic carbocycles. The van der Waals surface area contributed by atoms with Gasteiger partial charge in [-0.1, -0.05) is 54.1 Å². The average molecular weight is 491 g/mol. The number of anilines is 2. The van der Waals surface area contributed by atoms with Gasteiger partial charge in [0.25, 0.3) is 0 Å². The quantitative estimate of drug-likeness (QED) is 0.237. The van der Waals surface area contributed by atoms with Gasteiger partial charge in [-0.15, -0.1) is 0 Å². The molecular weight excluding hydrogens is 472 g/mol. The number of nitrogens with one attached hydrogen (secondary N) is 2. The lowest BCUT2D eigenvalue weighted by atomic mass is 10.0. The van der Waals surface area contributed by atoms with Crippen LogP contribution in [0.3, 0.4) is 0 Å². The summed E-state index contributed by atoms with van der Waals surface area (Å²) in [6, 6.07) is 19.4. The van der Waals surface area contributed by atoms with Crippen molar-refractivity contribution in [3.05, 3.63) is 94.5 Å². The number of hydrogen-bond donors (Lipinski definition) is 3. The lowest BCUT2D eigenvalue weighted by molar-refractivity contribution is -0.141. The van der Waals surface area contributed by atoms with Crippen molar-refractivity contribution in [2.45, 2.75) is 12.5 Å². The minimum atomic E-state index is -1.29. The zero-order valence-corrected chi connectivity index (χ0v) is 18.9. The Hall–Kier alpha value is -4.68. The SMILES string of the molecule is N#Cc1cc(Cl)cc(NN(C(=O)C=O)C(Cc2ccccc2)C(=O)Nc2ccccc2C(=O)O)c1. The Morgan fingerprint density at radius 2 is 1.74 bits per heavy atom. The van der Waals surface area contributed by atoms with Crippen LogP contribution in [0.2, 0.25) is 5.02 Å². The lowest BCUT2D eigenvalue weighted by Crippen LogP contribution is -2.52. The molecule has 10 heteroatoms. The number of para-hydroxylation sites is 1. The first-order valence-corrected chi connectivity index (χ1v) is 10.6. The van der Waals surface area contributed by atoms with Crippen LogP contribution in [0.25, 0.3) is 0 Å². The molecule has 3 rings (SSSR count). The first-order valence-electron chi connectivity index (χ1n) is 10.2. The van der Waals surface area contributed by atoms with Crippen LogP contribution in [0.1, 0.15) is 21.5 Å².